The van der Waals surface area contributed by atoms with Crippen LogP contribution in [0.3, 0.4) is 0 Å². The lowest BCUT2D eigenvalue weighted by molar-refractivity contribution is 0.0887. The largest absolute Gasteiger partial charge is 0.504 e. The Hall–Kier alpha value is -2.50. The number of carbonyl (C=O) groups excluding carboxylic acids is 1. The molecule has 0 bridgehead atoms. The van der Waals surface area contributed by atoms with Crippen molar-refractivity contribution in [3.8, 4) is 22.8 Å². The Morgan fingerprint density at radius 1 is 1.29 bits per heavy atom. The van der Waals surface area contributed by atoms with Gasteiger partial charge in [-0.05, 0) is 37.0 Å². The van der Waals surface area contributed by atoms with Crippen LogP contribution in [0.4, 0.5) is 0 Å². The number of amides is 1. The van der Waals surface area contributed by atoms with Gasteiger partial charge in [0, 0.05) is 17.7 Å². The van der Waals surface area contributed by atoms with Crippen LogP contribution in [0.15, 0.2) is 28.8 Å². The van der Waals surface area contributed by atoms with E-state index >= 15 is 0 Å². The van der Waals surface area contributed by atoms with E-state index in [1.807, 2.05) is 0 Å². The molecule has 0 radical (unpaired) electrons. The fourth-order valence-corrected chi connectivity index (χ4v) is 2.47. The third kappa shape index (κ3) is 2.69. The summed E-state index contributed by atoms with van der Waals surface area (Å²) >= 11 is 0. The molecule has 0 saturated heterocycles. The zero-order valence-electron chi connectivity index (χ0n) is 11.5. The van der Waals surface area contributed by atoms with Gasteiger partial charge >= 0.3 is 0 Å². The van der Waals surface area contributed by atoms with Crippen LogP contribution in [0.5, 0.6) is 11.5 Å². The van der Waals surface area contributed by atoms with Gasteiger partial charge in [-0.15, -0.1) is 0 Å². The topological polar surface area (TPSA) is 95.6 Å². The van der Waals surface area contributed by atoms with Crippen molar-refractivity contribution in [2.24, 2.45) is 5.92 Å². The number of carbonyl (C=O) groups is 1. The van der Waals surface area contributed by atoms with Crippen LogP contribution < -0.4 is 5.32 Å². The highest BCUT2D eigenvalue weighted by Crippen LogP contribution is 2.31. The van der Waals surface area contributed by atoms with E-state index in [4.69, 9.17) is 4.52 Å². The van der Waals surface area contributed by atoms with Gasteiger partial charge < -0.3 is 20.1 Å². The van der Waals surface area contributed by atoms with Crippen molar-refractivity contribution in [1.29, 1.82) is 0 Å². The zero-order valence-corrected chi connectivity index (χ0v) is 11.5. The van der Waals surface area contributed by atoms with E-state index in [1.165, 1.54) is 18.2 Å². The van der Waals surface area contributed by atoms with Crippen LogP contribution in [0.1, 0.15) is 30.3 Å². The minimum atomic E-state index is -0.259. The van der Waals surface area contributed by atoms with Gasteiger partial charge in [-0.1, -0.05) is 12.1 Å². The first-order valence-corrected chi connectivity index (χ1v) is 6.83. The van der Waals surface area contributed by atoms with Crippen molar-refractivity contribution in [3.05, 3.63) is 30.0 Å². The van der Waals surface area contributed by atoms with E-state index in [0.29, 0.717) is 17.2 Å². The molecule has 1 aromatic heterocycles. The Labute approximate surface area is 121 Å². The maximum Gasteiger partial charge on any atom is 0.273 e. The Bertz CT molecular complexity index is 674. The summed E-state index contributed by atoms with van der Waals surface area (Å²) < 4.78 is 5.12. The predicted molar refractivity (Wildman–Crippen MR) is 74.9 cm³/mol. The SMILES string of the molecule is CC1CC(NC(=O)c2cc(-c3ccc(O)c(O)c3)on2)C1. The maximum absolute atomic E-state index is 12.0. The molecule has 1 aliphatic rings. The summed E-state index contributed by atoms with van der Waals surface area (Å²) in [5, 5.41) is 25.4. The van der Waals surface area contributed by atoms with Crippen molar-refractivity contribution in [1.82, 2.24) is 10.5 Å². The molecule has 1 amide bonds. The number of hydrogen-bond acceptors (Lipinski definition) is 5. The molecule has 1 fully saturated rings. The van der Waals surface area contributed by atoms with E-state index < -0.39 is 0 Å². The molecule has 0 aliphatic heterocycles. The molecule has 1 aliphatic carbocycles. The second-order valence-electron chi connectivity index (χ2n) is 5.53. The van der Waals surface area contributed by atoms with Crippen molar-refractivity contribution in [2.45, 2.75) is 25.8 Å². The second kappa shape index (κ2) is 5.12. The molecule has 2 aromatic rings. The number of nitrogens with zero attached hydrogens (tertiary/aromatic N) is 1. The summed E-state index contributed by atoms with van der Waals surface area (Å²) in [5.74, 6) is 0.291. The third-order valence-electron chi connectivity index (χ3n) is 3.71. The Balaban J connectivity index is 1.73. The van der Waals surface area contributed by atoms with E-state index in [9.17, 15) is 15.0 Å². The first kappa shape index (κ1) is 13.5. The van der Waals surface area contributed by atoms with E-state index in [0.717, 1.165) is 12.8 Å². The number of phenolic OH excluding ortho intramolecular Hbond substituents is 2. The number of phenols is 2. The Kier molecular flexibility index (Phi) is 3.29. The van der Waals surface area contributed by atoms with Crippen LogP contribution in [-0.4, -0.2) is 27.3 Å². The van der Waals surface area contributed by atoms with E-state index in [1.54, 1.807) is 6.07 Å². The first-order valence-electron chi connectivity index (χ1n) is 6.83. The van der Waals surface area contributed by atoms with Crippen molar-refractivity contribution in [3.63, 3.8) is 0 Å². The summed E-state index contributed by atoms with van der Waals surface area (Å²) in [6.07, 6.45) is 1.98. The standard InChI is InChI=1S/C15H16N2O4/c1-8-4-10(5-8)16-15(20)11-7-14(21-17-11)9-2-3-12(18)13(19)6-9/h2-3,6-8,10,18-19H,4-5H2,1H3,(H,16,20). The lowest BCUT2D eigenvalue weighted by atomic mass is 9.82. The fourth-order valence-electron chi connectivity index (χ4n) is 2.47. The first-order chi connectivity index (χ1) is 10.0. The van der Waals surface area contributed by atoms with Crippen molar-refractivity contribution in [2.75, 3.05) is 0 Å². The van der Waals surface area contributed by atoms with Crippen LogP contribution in [-0.2, 0) is 0 Å². The fraction of sp³-hybridized carbons (Fsp3) is 0.333. The lowest BCUT2D eigenvalue weighted by Gasteiger charge is -2.32. The highest BCUT2D eigenvalue weighted by Gasteiger charge is 2.27. The highest BCUT2D eigenvalue weighted by atomic mass is 16.5. The van der Waals surface area contributed by atoms with Gasteiger partial charge in [-0.2, -0.15) is 0 Å². The van der Waals surface area contributed by atoms with Gasteiger partial charge in [0.2, 0.25) is 0 Å². The van der Waals surface area contributed by atoms with E-state index in [-0.39, 0.29) is 29.1 Å². The number of nitrogens with one attached hydrogen (secondary N) is 1. The monoisotopic (exact) mass is 288 g/mol. The molecule has 0 atom stereocenters. The zero-order chi connectivity index (χ0) is 15.0. The summed E-state index contributed by atoms with van der Waals surface area (Å²) in [4.78, 5) is 12.0. The molecule has 21 heavy (non-hydrogen) atoms. The average molecular weight is 288 g/mol. The quantitative estimate of drug-likeness (QED) is 0.753. The number of hydrogen-bond donors (Lipinski definition) is 3. The van der Waals surface area contributed by atoms with Crippen LogP contribution in [0, 0.1) is 5.92 Å². The summed E-state index contributed by atoms with van der Waals surface area (Å²) in [7, 11) is 0. The summed E-state index contributed by atoms with van der Waals surface area (Å²) in [6, 6.07) is 6.01. The average Bonchev–Trinajstić information content (AvgIpc) is 2.90. The smallest absolute Gasteiger partial charge is 0.273 e. The molecule has 6 nitrogen and oxygen atoms in total. The molecule has 1 aromatic carbocycles. The predicted octanol–water partition coefficient (Wildman–Crippen LogP) is 2.28. The lowest BCUT2D eigenvalue weighted by Crippen LogP contribution is -2.43. The van der Waals surface area contributed by atoms with Gasteiger partial charge in [0.15, 0.2) is 23.0 Å². The molecule has 0 spiro atoms. The van der Waals surface area contributed by atoms with Crippen LogP contribution >= 0.6 is 0 Å². The third-order valence-corrected chi connectivity index (χ3v) is 3.71. The Morgan fingerprint density at radius 2 is 2.05 bits per heavy atom. The summed E-state index contributed by atoms with van der Waals surface area (Å²) in [6.45, 7) is 2.15. The minimum Gasteiger partial charge on any atom is -0.504 e. The van der Waals surface area contributed by atoms with Crippen LogP contribution in [0.25, 0.3) is 11.3 Å². The van der Waals surface area contributed by atoms with E-state index in [2.05, 4.69) is 17.4 Å². The van der Waals surface area contributed by atoms with Crippen molar-refractivity contribution >= 4 is 5.91 Å². The highest BCUT2D eigenvalue weighted by molar-refractivity contribution is 5.93. The van der Waals surface area contributed by atoms with Gasteiger partial charge in [0.05, 0.1) is 0 Å². The summed E-state index contributed by atoms with van der Waals surface area (Å²) in [5.41, 5.74) is 0.742. The van der Waals surface area contributed by atoms with Gasteiger partial charge in [-0.25, -0.2) is 0 Å². The molecule has 110 valence electrons. The molecular weight excluding hydrogens is 272 g/mol. The minimum absolute atomic E-state index is 0.206. The number of rotatable bonds is 3. The molecule has 1 heterocycles. The normalized spacial score (nSPS) is 20.8. The van der Waals surface area contributed by atoms with Gasteiger partial charge in [0.1, 0.15) is 0 Å². The van der Waals surface area contributed by atoms with Crippen molar-refractivity contribution < 1.29 is 19.5 Å². The van der Waals surface area contributed by atoms with Gasteiger partial charge in [-0.3, -0.25) is 4.79 Å². The molecule has 1 saturated carbocycles. The molecule has 3 rings (SSSR count). The number of aromatic hydroxyl groups is 2. The molecule has 6 heteroatoms. The van der Waals surface area contributed by atoms with Crippen LogP contribution in [0.2, 0.25) is 0 Å². The number of aromatic nitrogens is 1. The number of benzene rings is 1. The molecular formula is C15H16N2O4. The Morgan fingerprint density at radius 3 is 2.71 bits per heavy atom. The maximum atomic E-state index is 12.0. The van der Waals surface area contributed by atoms with Gasteiger partial charge in [0.25, 0.3) is 5.91 Å². The molecule has 0 unspecified atom stereocenters. The molecule has 3 N–H and O–H groups in total. The second-order valence-corrected chi connectivity index (χ2v) is 5.53.